The van der Waals surface area contributed by atoms with Gasteiger partial charge in [-0.25, -0.2) is 0 Å². The van der Waals surface area contributed by atoms with E-state index < -0.39 is 0 Å². The Bertz CT molecular complexity index is 599. The Labute approximate surface area is 138 Å². The zero-order valence-electron chi connectivity index (χ0n) is 12.3. The van der Waals surface area contributed by atoms with E-state index in [1.807, 2.05) is 24.3 Å². The second-order valence-electron chi connectivity index (χ2n) is 5.11. The fraction of sp³-hybridized carbons (Fsp3) is 0.467. The van der Waals surface area contributed by atoms with Crippen LogP contribution in [-0.4, -0.2) is 54.5 Å². The molecule has 3 rings (SSSR count). The Morgan fingerprint density at radius 1 is 1.18 bits per heavy atom. The van der Waals surface area contributed by atoms with Crippen molar-refractivity contribution in [3.63, 3.8) is 0 Å². The first-order valence-electron chi connectivity index (χ1n) is 7.41. The Hall–Kier alpha value is -1.28. The van der Waals surface area contributed by atoms with Crippen LogP contribution in [-0.2, 0) is 11.3 Å². The molecule has 6 nitrogen and oxygen atoms in total. The van der Waals surface area contributed by atoms with Gasteiger partial charge in [0.25, 0.3) is 0 Å². The van der Waals surface area contributed by atoms with Crippen molar-refractivity contribution in [1.29, 1.82) is 0 Å². The van der Waals surface area contributed by atoms with Crippen molar-refractivity contribution in [1.82, 2.24) is 20.4 Å². The summed E-state index contributed by atoms with van der Waals surface area (Å²) >= 11 is 3.49. The molecule has 1 N–H and O–H groups in total. The molecule has 22 heavy (non-hydrogen) atoms. The Morgan fingerprint density at radius 2 is 2.00 bits per heavy atom. The van der Waals surface area contributed by atoms with Crippen LogP contribution < -0.4 is 5.32 Å². The van der Waals surface area contributed by atoms with Crippen molar-refractivity contribution < 1.29 is 9.15 Å². The third-order valence-electron chi connectivity index (χ3n) is 3.56. The molecule has 1 aromatic carbocycles. The van der Waals surface area contributed by atoms with Crippen molar-refractivity contribution in [2.45, 2.75) is 6.54 Å². The summed E-state index contributed by atoms with van der Waals surface area (Å²) in [6.07, 6.45) is 0. The summed E-state index contributed by atoms with van der Waals surface area (Å²) in [5.41, 5.74) is 0.912. The molecule has 2 heterocycles. The molecule has 0 radical (unpaired) electrons. The van der Waals surface area contributed by atoms with Gasteiger partial charge < -0.3 is 14.5 Å². The van der Waals surface area contributed by atoms with Crippen LogP contribution in [0.2, 0.25) is 0 Å². The lowest BCUT2D eigenvalue weighted by atomic mass is 10.2. The van der Waals surface area contributed by atoms with Gasteiger partial charge in [0.2, 0.25) is 11.8 Å². The number of rotatable bonds is 6. The number of aromatic nitrogens is 2. The molecule has 118 valence electrons. The first-order chi connectivity index (χ1) is 10.8. The zero-order valence-corrected chi connectivity index (χ0v) is 13.9. The highest BCUT2D eigenvalue weighted by Gasteiger charge is 2.12. The van der Waals surface area contributed by atoms with Gasteiger partial charge in [-0.15, -0.1) is 10.2 Å². The number of morpholine rings is 1. The molecule has 0 unspecified atom stereocenters. The van der Waals surface area contributed by atoms with Crippen LogP contribution in [0.25, 0.3) is 11.5 Å². The molecule has 1 aliphatic heterocycles. The number of nitrogens with one attached hydrogen (secondary N) is 1. The third-order valence-corrected chi connectivity index (χ3v) is 4.25. The second kappa shape index (κ2) is 7.82. The van der Waals surface area contributed by atoms with E-state index in [9.17, 15) is 0 Å². The van der Waals surface area contributed by atoms with Gasteiger partial charge >= 0.3 is 0 Å². The summed E-state index contributed by atoms with van der Waals surface area (Å²) in [6.45, 7) is 6.17. The molecule has 0 bridgehead atoms. The lowest BCUT2D eigenvalue weighted by molar-refractivity contribution is 0.0383. The predicted octanol–water partition coefficient (Wildman–Crippen LogP) is 1.92. The van der Waals surface area contributed by atoms with E-state index in [1.54, 1.807) is 0 Å². The molecule has 0 saturated carbocycles. The molecule has 0 amide bonds. The minimum Gasteiger partial charge on any atom is -0.419 e. The molecule has 2 aromatic rings. The molecule has 1 aliphatic rings. The first kappa shape index (κ1) is 15.6. The summed E-state index contributed by atoms with van der Waals surface area (Å²) in [7, 11) is 0. The third kappa shape index (κ3) is 4.13. The lowest BCUT2D eigenvalue weighted by Crippen LogP contribution is -2.40. The summed E-state index contributed by atoms with van der Waals surface area (Å²) in [5, 5.41) is 11.5. The smallest absolute Gasteiger partial charge is 0.248 e. The van der Waals surface area contributed by atoms with Crippen LogP contribution in [0.4, 0.5) is 0 Å². The van der Waals surface area contributed by atoms with Crippen LogP contribution in [0.15, 0.2) is 33.2 Å². The Morgan fingerprint density at radius 3 is 2.82 bits per heavy atom. The number of hydrogen-bond donors (Lipinski definition) is 1. The first-order valence-corrected chi connectivity index (χ1v) is 8.20. The van der Waals surface area contributed by atoms with E-state index in [2.05, 4.69) is 36.3 Å². The molecule has 0 atom stereocenters. The van der Waals surface area contributed by atoms with E-state index in [-0.39, 0.29) is 0 Å². The topological polar surface area (TPSA) is 63.4 Å². The maximum atomic E-state index is 5.69. The number of hydrogen-bond acceptors (Lipinski definition) is 6. The van der Waals surface area contributed by atoms with Crippen molar-refractivity contribution in [2.24, 2.45) is 0 Å². The van der Waals surface area contributed by atoms with Crippen molar-refractivity contribution in [3.05, 3.63) is 34.6 Å². The van der Waals surface area contributed by atoms with Crippen LogP contribution in [0.3, 0.4) is 0 Å². The summed E-state index contributed by atoms with van der Waals surface area (Å²) in [6, 6.07) is 7.82. The highest BCUT2D eigenvalue weighted by molar-refractivity contribution is 9.10. The van der Waals surface area contributed by atoms with Gasteiger partial charge in [-0.05, 0) is 28.1 Å². The Kier molecular flexibility index (Phi) is 5.55. The van der Waals surface area contributed by atoms with E-state index in [4.69, 9.17) is 9.15 Å². The largest absolute Gasteiger partial charge is 0.419 e. The highest BCUT2D eigenvalue weighted by Crippen LogP contribution is 2.26. The zero-order chi connectivity index (χ0) is 15.2. The normalized spacial score (nSPS) is 16.0. The van der Waals surface area contributed by atoms with Gasteiger partial charge in [0.15, 0.2) is 0 Å². The van der Waals surface area contributed by atoms with Gasteiger partial charge in [0.05, 0.1) is 25.3 Å². The summed E-state index contributed by atoms with van der Waals surface area (Å²) < 4.78 is 12.0. The van der Waals surface area contributed by atoms with Crippen molar-refractivity contribution in [2.75, 3.05) is 39.4 Å². The molecule has 1 fully saturated rings. The van der Waals surface area contributed by atoms with Crippen LogP contribution in [0.1, 0.15) is 5.89 Å². The molecule has 1 saturated heterocycles. The standard InChI is InChI=1S/C15H19BrN4O2/c16-13-4-2-1-3-12(13)15-19-18-14(22-15)11-17-5-6-20-7-9-21-10-8-20/h1-4,17H,5-11H2. The average molecular weight is 367 g/mol. The van der Waals surface area contributed by atoms with E-state index in [1.165, 1.54) is 0 Å². The molecular weight excluding hydrogens is 348 g/mol. The van der Waals surface area contributed by atoms with Gasteiger partial charge in [-0.2, -0.15) is 0 Å². The summed E-state index contributed by atoms with van der Waals surface area (Å²) in [5.74, 6) is 1.14. The number of benzene rings is 1. The molecular formula is C15H19BrN4O2. The lowest BCUT2D eigenvalue weighted by Gasteiger charge is -2.26. The van der Waals surface area contributed by atoms with Gasteiger partial charge in [0, 0.05) is 30.7 Å². The molecule has 0 spiro atoms. The number of halogens is 1. The molecule has 1 aromatic heterocycles. The molecule has 0 aliphatic carbocycles. The minimum atomic E-state index is 0.539. The van der Waals surface area contributed by atoms with E-state index in [0.29, 0.717) is 18.3 Å². The van der Waals surface area contributed by atoms with Gasteiger partial charge in [-0.1, -0.05) is 12.1 Å². The number of ether oxygens (including phenoxy) is 1. The fourth-order valence-electron chi connectivity index (χ4n) is 2.33. The van der Waals surface area contributed by atoms with Crippen LogP contribution in [0.5, 0.6) is 0 Å². The van der Waals surface area contributed by atoms with Crippen LogP contribution >= 0.6 is 15.9 Å². The second-order valence-corrected chi connectivity index (χ2v) is 5.97. The Balaban J connectivity index is 1.47. The van der Waals surface area contributed by atoms with Gasteiger partial charge in [0.1, 0.15) is 0 Å². The SMILES string of the molecule is Brc1ccccc1-c1nnc(CNCCN2CCOCC2)o1. The van der Waals surface area contributed by atoms with Crippen molar-refractivity contribution >= 4 is 15.9 Å². The average Bonchev–Trinajstić information content (AvgIpc) is 3.02. The number of nitrogens with zero attached hydrogens (tertiary/aromatic N) is 3. The van der Waals surface area contributed by atoms with Crippen LogP contribution in [0, 0.1) is 0 Å². The summed E-state index contributed by atoms with van der Waals surface area (Å²) in [4.78, 5) is 2.39. The highest BCUT2D eigenvalue weighted by atomic mass is 79.9. The van der Waals surface area contributed by atoms with E-state index in [0.717, 1.165) is 49.4 Å². The maximum Gasteiger partial charge on any atom is 0.248 e. The minimum absolute atomic E-state index is 0.539. The molecule has 7 heteroatoms. The fourth-order valence-corrected chi connectivity index (χ4v) is 2.78. The van der Waals surface area contributed by atoms with E-state index >= 15 is 0 Å². The quantitative estimate of drug-likeness (QED) is 0.788. The monoisotopic (exact) mass is 366 g/mol. The maximum absolute atomic E-state index is 5.69. The van der Waals surface area contributed by atoms with Gasteiger partial charge in [-0.3, -0.25) is 4.90 Å². The van der Waals surface area contributed by atoms with Crippen molar-refractivity contribution in [3.8, 4) is 11.5 Å². The predicted molar refractivity (Wildman–Crippen MR) is 86.4 cm³/mol.